The van der Waals surface area contributed by atoms with Crippen LogP contribution in [0.3, 0.4) is 0 Å². The zero-order chi connectivity index (χ0) is 26.6. The van der Waals surface area contributed by atoms with Gasteiger partial charge in [0.25, 0.3) is 0 Å². The van der Waals surface area contributed by atoms with E-state index >= 15 is 0 Å². The number of ketones is 1. The molecule has 4 aromatic carbocycles. The van der Waals surface area contributed by atoms with Gasteiger partial charge in [-0.25, -0.2) is 4.68 Å². The van der Waals surface area contributed by atoms with Gasteiger partial charge in [-0.05, 0) is 67.1 Å². The molecule has 1 heterocycles. The van der Waals surface area contributed by atoms with E-state index in [1.807, 2.05) is 67.6 Å². The SMILES string of the molecule is Cc1ccc(C(=O)c2nn(-c3ccc(Cl)cc3)c(Nc3cccc(NCc4ccc(O)cc4)c3)c2N)cc1. The Labute approximate surface area is 225 Å². The number of phenolic OH excluding ortho intramolecular Hbond substituents is 1. The van der Waals surface area contributed by atoms with Gasteiger partial charge in [-0.15, -0.1) is 0 Å². The van der Waals surface area contributed by atoms with Crippen LogP contribution in [0.5, 0.6) is 5.75 Å². The number of aryl methyl sites for hydroxylation is 1. The van der Waals surface area contributed by atoms with Gasteiger partial charge in [0.1, 0.15) is 11.4 Å². The molecule has 0 atom stereocenters. The number of carbonyl (C=O) groups is 1. The van der Waals surface area contributed by atoms with Crippen molar-refractivity contribution in [3.8, 4) is 11.4 Å². The molecular formula is C30H26ClN5O2. The van der Waals surface area contributed by atoms with Crippen molar-refractivity contribution in [2.45, 2.75) is 13.5 Å². The lowest BCUT2D eigenvalue weighted by Gasteiger charge is -2.13. The summed E-state index contributed by atoms with van der Waals surface area (Å²) in [5.41, 5.74) is 11.9. The molecular weight excluding hydrogens is 498 g/mol. The zero-order valence-corrected chi connectivity index (χ0v) is 21.4. The number of phenols is 1. The van der Waals surface area contributed by atoms with Gasteiger partial charge in [0, 0.05) is 28.5 Å². The van der Waals surface area contributed by atoms with Gasteiger partial charge in [0.2, 0.25) is 5.78 Å². The van der Waals surface area contributed by atoms with Crippen LogP contribution in [-0.2, 0) is 6.54 Å². The van der Waals surface area contributed by atoms with E-state index in [1.165, 1.54) is 0 Å². The van der Waals surface area contributed by atoms with E-state index in [1.54, 1.807) is 41.1 Å². The molecule has 0 aliphatic carbocycles. The predicted molar refractivity (Wildman–Crippen MR) is 153 cm³/mol. The number of benzene rings is 4. The maximum atomic E-state index is 13.3. The van der Waals surface area contributed by atoms with Gasteiger partial charge in [-0.2, -0.15) is 5.10 Å². The summed E-state index contributed by atoms with van der Waals surface area (Å²) in [6.45, 7) is 2.55. The molecule has 5 aromatic rings. The number of hydrogen-bond acceptors (Lipinski definition) is 6. The first kappa shape index (κ1) is 24.9. The Morgan fingerprint density at radius 2 is 1.63 bits per heavy atom. The summed E-state index contributed by atoms with van der Waals surface area (Å²) in [4.78, 5) is 13.3. The molecule has 0 aliphatic heterocycles. The Bertz CT molecular complexity index is 1580. The second-order valence-corrected chi connectivity index (χ2v) is 9.36. The summed E-state index contributed by atoms with van der Waals surface area (Å²) in [6.07, 6.45) is 0. The summed E-state index contributed by atoms with van der Waals surface area (Å²) < 4.78 is 1.61. The highest BCUT2D eigenvalue weighted by atomic mass is 35.5. The van der Waals surface area contributed by atoms with Crippen molar-refractivity contribution in [2.24, 2.45) is 0 Å². The van der Waals surface area contributed by atoms with Crippen LogP contribution in [0.4, 0.5) is 22.9 Å². The van der Waals surface area contributed by atoms with Crippen molar-refractivity contribution in [1.82, 2.24) is 9.78 Å². The molecule has 5 N–H and O–H groups in total. The fraction of sp³-hybridized carbons (Fsp3) is 0.0667. The molecule has 0 amide bonds. The Morgan fingerprint density at radius 3 is 2.34 bits per heavy atom. The van der Waals surface area contributed by atoms with E-state index in [0.29, 0.717) is 28.6 Å². The number of rotatable bonds is 8. The average molecular weight is 524 g/mol. The first-order valence-corrected chi connectivity index (χ1v) is 12.4. The molecule has 190 valence electrons. The highest BCUT2D eigenvalue weighted by Crippen LogP contribution is 2.32. The molecule has 38 heavy (non-hydrogen) atoms. The molecule has 0 saturated heterocycles. The number of nitrogens with zero attached hydrogens (tertiary/aromatic N) is 2. The number of aromatic hydroxyl groups is 1. The number of hydrogen-bond donors (Lipinski definition) is 4. The monoisotopic (exact) mass is 523 g/mol. The van der Waals surface area contributed by atoms with Crippen LogP contribution in [0.2, 0.25) is 5.02 Å². The maximum Gasteiger partial charge on any atom is 0.215 e. The van der Waals surface area contributed by atoms with E-state index in [0.717, 1.165) is 22.5 Å². The first-order valence-electron chi connectivity index (χ1n) is 12.0. The number of aromatic nitrogens is 2. The lowest BCUT2D eigenvalue weighted by molar-refractivity contribution is 0.103. The minimum absolute atomic E-state index is 0.160. The quantitative estimate of drug-likeness (QED) is 0.168. The van der Waals surface area contributed by atoms with Gasteiger partial charge in [-0.1, -0.05) is 59.6 Å². The molecule has 0 saturated carbocycles. The zero-order valence-electron chi connectivity index (χ0n) is 20.6. The topological polar surface area (TPSA) is 105 Å². The van der Waals surface area contributed by atoms with Crippen molar-refractivity contribution >= 4 is 40.3 Å². The van der Waals surface area contributed by atoms with Crippen LogP contribution in [0, 0.1) is 6.92 Å². The van der Waals surface area contributed by atoms with E-state index in [2.05, 4.69) is 15.7 Å². The lowest BCUT2D eigenvalue weighted by Crippen LogP contribution is -2.06. The van der Waals surface area contributed by atoms with Gasteiger partial charge in [-0.3, -0.25) is 4.79 Å². The first-order chi connectivity index (χ1) is 18.4. The van der Waals surface area contributed by atoms with Crippen LogP contribution in [0.25, 0.3) is 5.69 Å². The normalized spacial score (nSPS) is 10.8. The molecule has 0 radical (unpaired) electrons. The molecule has 0 bridgehead atoms. The fourth-order valence-electron chi connectivity index (χ4n) is 3.99. The van der Waals surface area contributed by atoms with Crippen LogP contribution >= 0.6 is 11.6 Å². The van der Waals surface area contributed by atoms with Gasteiger partial charge >= 0.3 is 0 Å². The highest BCUT2D eigenvalue weighted by molar-refractivity contribution is 6.30. The number of nitrogen functional groups attached to an aromatic ring is 1. The smallest absolute Gasteiger partial charge is 0.215 e. The van der Waals surface area contributed by atoms with Crippen molar-refractivity contribution in [1.29, 1.82) is 0 Å². The van der Waals surface area contributed by atoms with Crippen LogP contribution in [-0.4, -0.2) is 20.7 Å². The second kappa shape index (κ2) is 10.7. The largest absolute Gasteiger partial charge is 0.508 e. The Balaban J connectivity index is 1.47. The van der Waals surface area contributed by atoms with Crippen LogP contribution < -0.4 is 16.4 Å². The number of halogens is 1. The third-order valence-electron chi connectivity index (χ3n) is 6.08. The second-order valence-electron chi connectivity index (χ2n) is 8.92. The van der Waals surface area contributed by atoms with Crippen molar-refractivity contribution in [2.75, 3.05) is 16.4 Å². The Hall–Kier alpha value is -4.75. The number of nitrogens with two attached hydrogens (primary N) is 1. The summed E-state index contributed by atoms with van der Waals surface area (Å²) in [6, 6.07) is 29.2. The van der Waals surface area contributed by atoms with Crippen molar-refractivity contribution < 1.29 is 9.90 Å². The van der Waals surface area contributed by atoms with E-state index in [4.69, 9.17) is 17.3 Å². The van der Waals surface area contributed by atoms with Gasteiger partial charge in [0.05, 0.1) is 5.69 Å². The van der Waals surface area contributed by atoms with E-state index in [9.17, 15) is 9.90 Å². The van der Waals surface area contributed by atoms with E-state index < -0.39 is 0 Å². The Kier molecular flexibility index (Phi) is 7.02. The van der Waals surface area contributed by atoms with Gasteiger partial charge < -0.3 is 21.5 Å². The predicted octanol–water partition coefficient (Wildman–Crippen LogP) is 6.71. The molecule has 0 unspecified atom stereocenters. The minimum Gasteiger partial charge on any atom is -0.508 e. The number of anilines is 4. The summed E-state index contributed by atoms with van der Waals surface area (Å²) >= 11 is 6.10. The summed E-state index contributed by atoms with van der Waals surface area (Å²) in [5, 5.41) is 21.4. The molecule has 5 rings (SSSR count). The van der Waals surface area contributed by atoms with Gasteiger partial charge in [0.15, 0.2) is 11.5 Å². The number of carbonyl (C=O) groups excluding carboxylic acids is 1. The van der Waals surface area contributed by atoms with Crippen molar-refractivity contribution in [3.63, 3.8) is 0 Å². The standard InChI is InChI=1S/C30H26ClN5O2/c1-19-5-9-21(10-6-19)29(38)28-27(32)30(36(35-28)25-13-11-22(31)12-14-25)34-24-4-2-3-23(17-24)33-18-20-7-15-26(37)16-8-20/h2-17,33-34,37H,18,32H2,1H3. The minimum atomic E-state index is -0.262. The number of nitrogens with one attached hydrogen (secondary N) is 2. The maximum absolute atomic E-state index is 13.3. The van der Waals surface area contributed by atoms with E-state index in [-0.39, 0.29) is 22.9 Å². The molecule has 0 spiro atoms. The summed E-state index contributed by atoms with van der Waals surface area (Å²) in [7, 11) is 0. The van der Waals surface area contributed by atoms with Crippen molar-refractivity contribution in [3.05, 3.63) is 124 Å². The molecule has 7 nitrogen and oxygen atoms in total. The molecule has 1 aromatic heterocycles. The molecule has 0 fully saturated rings. The molecule has 0 aliphatic rings. The van der Waals surface area contributed by atoms with Crippen LogP contribution in [0.15, 0.2) is 97.1 Å². The lowest BCUT2D eigenvalue weighted by atomic mass is 10.1. The van der Waals surface area contributed by atoms with Crippen LogP contribution in [0.1, 0.15) is 27.2 Å². The Morgan fingerprint density at radius 1 is 0.947 bits per heavy atom. The third-order valence-corrected chi connectivity index (χ3v) is 6.33. The molecule has 8 heteroatoms. The summed E-state index contributed by atoms with van der Waals surface area (Å²) in [5.74, 6) is 0.441. The highest BCUT2D eigenvalue weighted by Gasteiger charge is 2.23. The average Bonchev–Trinajstić information content (AvgIpc) is 3.24. The fourth-order valence-corrected chi connectivity index (χ4v) is 4.12. The third kappa shape index (κ3) is 5.48.